The lowest BCUT2D eigenvalue weighted by Gasteiger charge is -2.06. The van der Waals surface area contributed by atoms with Crippen LogP contribution in [0.2, 0.25) is 0 Å². The smallest absolute Gasteiger partial charge is 0.373 e. The summed E-state index contributed by atoms with van der Waals surface area (Å²) in [4.78, 5) is 22.4. The molecule has 0 aromatic heterocycles. The third-order valence-electron chi connectivity index (χ3n) is 2.22. The van der Waals surface area contributed by atoms with Gasteiger partial charge in [-0.05, 0) is 19.9 Å². The van der Waals surface area contributed by atoms with Gasteiger partial charge in [0.05, 0.1) is 6.61 Å². The topological polar surface area (TPSA) is 52.6 Å². The summed E-state index contributed by atoms with van der Waals surface area (Å²) >= 11 is 0. The number of carbonyl (C=O) groups excluding carboxylic acids is 2. The van der Waals surface area contributed by atoms with Crippen LogP contribution in [-0.2, 0) is 19.1 Å². The summed E-state index contributed by atoms with van der Waals surface area (Å²) in [5.74, 6) is -1.32. The summed E-state index contributed by atoms with van der Waals surface area (Å²) < 4.78 is 9.41. The number of rotatable bonds is 9. The maximum absolute atomic E-state index is 11.3. The van der Waals surface area contributed by atoms with Crippen molar-refractivity contribution in [1.82, 2.24) is 0 Å². The van der Waals surface area contributed by atoms with Crippen molar-refractivity contribution in [1.29, 1.82) is 0 Å². The fourth-order valence-corrected chi connectivity index (χ4v) is 1.31. The molecule has 0 aliphatic heterocycles. The van der Waals surface area contributed by atoms with Crippen molar-refractivity contribution in [3.63, 3.8) is 0 Å². The number of unbranched alkanes of at least 4 members (excludes halogenated alkanes) is 4. The molecule has 4 nitrogen and oxygen atoms in total. The highest BCUT2D eigenvalue weighted by atomic mass is 16.6. The average Bonchev–Trinajstić information content (AvgIpc) is 2.29. The van der Waals surface area contributed by atoms with Crippen LogP contribution in [0.4, 0.5) is 0 Å². The number of ether oxygens (including phenoxy) is 2. The van der Waals surface area contributed by atoms with Gasteiger partial charge in [0.15, 0.2) is 0 Å². The van der Waals surface area contributed by atoms with E-state index in [9.17, 15) is 9.59 Å². The molecule has 0 atom stereocenters. The van der Waals surface area contributed by atoms with Crippen molar-refractivity contribution >= 4 is 11.9 Å². The van der Waals surface area contributed by atoms with E-state index in [2.05, 4.69) is 18.2 Å². The molecule has 0 aliphatic rings. The summed E-state index contributed by atoms with van der Waals surface area (Å²) in [5, 5.41) is 0. The second kappa shape index (κ2) is 9.87. The minimum absolute atomic E-state index is 0.231. The third kappa shape index (κ3) is 8.48. The van der Waals surface area contributed by atoms with Crippen LogP contribution in [0.5, 0.6) is 0 Å². The Balaban J connectivity index is 3.64. The van der Waals surface area contributed by atoms with Crippen molar-refractivity contribution in [2.45, 2.75) is 52.4 Å². The molecular weight excluding hydrogens is 220 g/mol. The van der Waals surface area contributed by atoms with Crippen molar-refractivity contribution in [2.75, 3.05) is 6.61 Å². The number of hydrogen-bond donors (Lipinski definition) is 0. The maximum atomic E-state index is 11.3. The van der Waals surface area contributed by atoms with Gasteiger partial charge in [0.2, 0.25) is 5.76 Å². The molecule has 0 bridgehead atoms. The van der Waals surface area contributed by atoms with Crippen LogP contribution in [-0.4, -0.2) is 18.5 Å². The van der Waals surface area contributed by atoms with Crippen LogP contribution in [0, 0.1) is 0 Å². The van der Waals surface area contributed by atoms with Crippen LogP contribution < -0.4 is 0 Å². The van der Waals surface area contributed by atoms with Crippen LogP contribution in [0.25, 0.3) is 0 Å². The second-order valence-electron chi connectivity index (χ2n) is 3.78. The zero-order chi connectivity index (χ0) is 13.1. The highest BCUT2D eigenvalue weighted by Crippen LogP contribution is 2.07. The molecule has 0 heterocycles. The van der Waals surface area contributed by atoms with Gasteiger partial charge in [-0.15, -0.1) is 0 Å². The quantitative estimate of drug-likeness (QED) is 0.270. The van der Waals surface area contributed by atoms with Gasteiger partial charge in [-0.1, -0.05) is 32.6 Å². The molecule has 0 spiro atoms. The predicted molar refractivity (Wildman–Crippen MR) is 65.2 cm³/mol. The van der Waals surface area contributed by atoms with E-state index < -0.39 is 11.9 Å². The van der Waals surface area contributed by atoms with Gasteiger partial charge >= 0.3 is 11.9 Å². The van der Waals surface area contributed by atoms with E-state index in [4.69, 9.17) is 4.74 Å². The molecule has 0 unspecified atom stereocenters. The van der Waals surface area contributed by atoms with Crippen molar-refractivity contribution < 1.29 is 19.1 Å². The van der Waals surface area contributed by atoms with Gasteiger partial charge in [0.25, 0.3) is 0 Å². The van der Waals surface area contributed by atoms with E-state index in [1.807, 2.05) is 0 Å². The second-order valence-corrected chi connectivity index (χ2v) is 3.78. The minimum atomic E-state index is -0.674. The molecule has 0 aliphatic carbocycles. The van der Waals surface area contributed by atoms with Gasteiger partial charge in [-0.3, -0.25) is 4.79 Å². The molecule has 0 radical (unpaired) electrons. The molecule has 4 heteroatoms. The lowest BCUT2D eigenvalue weighted by molar-refractivity contribution is -0.151. The Labute approximate surface area is 103 Å². The van der Waals surface area contributed by atoms with Crippen LogP contribution >= 0.6 is 0 Å². The standard InChI is InChI=1S/C13H22O4/c1-4-6-7-8-9-10-12(14)17-11(3)13(15)16-5-2/h3-10H2,1-2H3. The summed E-state index contributed by atoms with van der Waals surface area (Å²) in [5.41, 5.74) is 0. The molecular formula is C13H22O4. The Morgan fingerprint density at radius 1 is 1.06 bits per heavy atom. The molecule has 0 fully saturated rings. The Bertz CT molecular complexity index is 258. The van der Waals surface area contributed by atoms with Gasteiger partial charge in [-0.25, -0.2) is 4.79 Å². The van der Waals surface area contributed by atoms with E-state index in [1.54, 1.807) is 6.92 Å². The van der Waals surface area contributed by atoms with E-state index in [1.165, 1.54) is 12.8 Å². The highest BCUT2D eigenvalue weighted by molar-refractivity contribution is 5.88. The number of esters is 2. The van der Waals surface area contributed by atoms with Crippen molar-refractivity contribution in [3.05, 3.63) is 12.3 Å². The summed E-state index contributed by atoms with van der Waals surface area (Å²) in [6.07, 6.45) is 5.60. The largest absolute Gasteiger partial charge is 0.460 e. The number of hydrogen-bond acceptors (Lipinski definition) is 4. The first-order valence-electron chi connectivity index (χ1n) is 6.18. The Kier molecular flexibility index (Phi) is 9.11. The average molecular weight is 242 g/mol. The fraction of sp³-hybridized carbons (Fsp3) is 0.692. The zero-order valence-electron chi connectivity index (χ0n) is 10.8. The molecule has 0 aromatic rings. The monoisotopic (exact) mass is 242 g/mol. The Hall–Kier alpha value is -1.32. The van der Waals surface area contributed by atoms with Crippen LogP contribution in [0.15, 0.2) is 12.3 Å². The lowest BCUT2D eigenvalue weighted by atomic mass is 10.1. The molecule has 0 saturated carbocycles. The predicted octanol–water partition coefficient (Wildman–Crippen LogP) is 2.97. The van der Waals surface area contributed by atoms with Gasteiger partial charge in [-0.2, -0.15) is 0 Å². The van der Waals surface area contributed by atoms with E-state index >= 15 is 0 Å². The van der Waals surface area contributed by atoms with E-state index in [0.717, 1.165) is 19.3 Å². The summed E-state index contributed by atoms with van der Waals surface area (Å²) in [6, 6.07) is 0. The lowest BCUT2D eigenvalue weighted by Crippen LogP contribution is -2.13. The molecule has 98 valence electrons. The fourth-order valence-electron chi connectivity index (χ4n) is 1.31. The van der Waals surface area contributed by atoms with Crippen molar-refractivity contribution in [3.8, 4) is 0 Å². The first-order valence-corrected chi connectivity index (χ1v) is 6.18. The Morgan fingerprint density at radius 2 is 1.71 bits per heavy atom. The minimum Gasteiger partial charge on any atom is -0.460 e. The molecule has 0 aromatic carbocycles. The molecule has 17 heavy (non-hydrogen) atoms. The molecule has 0 rings (SSSR count). The third-order valence-corrected chi connectivity index (χ3v) is 2.22. The van der Waals surface area contributed by atoms with E-state index in [0.29, 0.717) is 6.42 Å². The van der Waals surface area contributed by atoms with Gasteiger partial charge < -0.3 is 9.47 Å². The summed E-state index contributed by atoms with van der Waals surface area (Å²) in [7, 11) is 0. The molecule has 0 amide bonds. The normalized spacial score (nSPS) is 9.76. The first kappa shape index (κ1) is 15.7. The first-order chi connectivity index (χ1) is 8.11. The zero-order valence-corrected chi connectivity index (χ0v) is 10.8. The highest BCUT2D eigenvalue weighted by Gasteiger charge is 2.13. The maximum Gasteiger partial charge on any atom is 0.373 e. The van der Waals surface area contributed by atoms with Crippen LogP contribution in [0.1, 0.15) is 52.4 Å². The SMILES string of the molecule is C=C(OC(=O)CCCCCCC)C(=O)OCC. The van der Waals surface area contributed by atoms with E-state index in [-0.39, 0.29) is 12.4 Å². The Morgan fingerprint density at radius 3 is 2.29 bits per heavy atom. The number of carbonyl (C=O) groups is 2. The molecule has 0 saturated heterocycles. The van der Waals surface area contributed by atoms with Crippen molar-refractivity contribution in [2.24, 2.45) is 0 Å². The molecule has 0 N–H and O–H groups in total. The van der Waals surface area contributed by atoms with Gasteiger partial charge in [0.1, 0.15) is 0 Å². The van der Waals surface area contributed by atoms with Crippen LogP contribution in [0.3, 0.4) is 0 Å². The summed E-state index contributed by atoms with van der Waals surface area (Å²) in [6.45, 7) is 7.41. The van der Waals surface area contributed by atoms with Gasteiger partial charge in [0, 0.05) is 6.42 Å².